The van der Waals surface area contributed by atoms with Crippen molar-refractivity contribution in [2.75, 3.05) is 23.4 Å². The molecule has 1 aromatic rings. The molecule has 106 valence electrons. The summed E-state index contributed by atoms with van der Waals surface area (Å²) in [6, 6.07) is -0.333. The molecular formula is C11H18N4O3S. The zero-order valence-corrected chi connectivity index (χ0v) is 11.6. The lowest BCUT2D eigenvalue weighted by atomic mass is 10.1. The Bertz CT molecular complexity index is 552. The van der Waals surface area contributed by atoms with Gasteiger partial charge in [-0.2, -0.15) is 5.10 Å². The van der Waals surface area contributed by atoms with Crippen LogP contribution >= 0.6 is 0 Å². The third kappa shape index (κ3) is 3.95. The van der Waals surface area contributed by atoms with E-state index in [2.05, 4.69) is 15.7 Å². The minimum Gasteiger partial charge on any atom is -0.338 e. The van der Waals surface area contributed by atoms with Gasteiger partial charge in [0.1, 0.15) is 0 Å². The Morgan fingerprint density at radius 2 is 2.37 bits per heavy atom. The number of aryl methyl sites for hydroxylation is 1. The van der Waals surface area contributed by atoms with E-state index in [9.17, 15) is 13.2 Å². The van der Waals surface area contributed by atoms with E-state index in [1.54, 1.807) is 17.1 Å². The van der Waals surface area contributed by atoms with Crippen LogP contribution in [-0.4, -0.2) is 42.3 Å². The molecule has 2 heterocycles. The number of aromatic nitrogens is 2. The third-order valence-electron chi connectivity index (χ3n) is 3.09. The Kier molecular flexibility index (Phi) is 4.08. The molecule has 1 fully saturated rings. The highest BCUT2D eigenvalue weighted by molar-refractivity contribution is 7.91. The summed E-state index contributed by atoms with van der Waals surface area (Å²) in [5, 5.41) is 9.38. The number of sulfone groups is 1. The van der Waals surface area contributed by atoms with Crippen molar-refractivity contribution in [3.05, 3.63) is 12.4 Å². The van der Waals surface area contributed by atoms with E-state index in [-0.39, 0.29) is 23.5 Å². The fourth-order valence-electron chi connectivity index (χ4n) is 2.05. The van der Waals surface area contributed by atoms with Crippen molar-refractivity contribution in [3.8, 4) is 0 Å². The molecule has 0 unspecified atom stereocenters. The number of urea groups is 1. The van der Waals surface area contributed by atoms with Crippen LogP contribution in [0.15, 0.2) is 12.4 Å². The van der Waals surface area contributed by atoms with Crippen LogP contribution in [0.1, 0.15) is 13.3 Å². The molecule has 0 aromatic carbocycles. The van der Waals surface area contributed by atoms with Gasteiger partial charge in [-0.1, -0.05) is 0 Å². The number of nitrogens with one attached hydrogen (secondary N) is 2. The maximum Gasteiger partial charge on any atom is 0.319 e. The number of carbonyl (C=O) groups excluding carboxylic acids is 1. The SMILES string of the molecule is CCn1cc(NC(=O)NC[C@H]2CCS(=O)(=O)C2)cn1. The second kappa shape index (κ2) is 5.60. The van der Waals surface area contributed by atoms with Gasteiger partial charge in [-0.15, -0.1) is 0 Å². The third-order valence-corrected chi connectivity index (χ3v) is 4.93. The molecule has 1 saturated heterocycles. The molecule has 1 aliphatic heterocycles. The van der Waals surface area contributed by atoms with E-state index in [1.807, 2.05) is 6.92 Å². The van der Waals surface area contributed by atoms with Crippen LogP contribution in [0, 0.1) is 5.92 Å². The van der Waals surface area contributed by atoms with Crippen molar-refractivity contribution in [2.45, 2.75) is 19.9 Å². The standard InChI is InChI=1S/C11H18N4O3S/c1-2-15-7-10(6-13-15)14-11(16)12-5-9-3-4-19(17,18)8-9/h6-7,9H,2-5,8H2,1H3,(H2,12,14,16)/t9-/m1/s1. The highest BCUT2D eigenvalue weighted by Gasteiger charge is 2.27. The number of carbonyl (C=O) groups is 1. The topological polar surface area (TPSA) is 93.1 Å². The average molecular weight is 286 g/mol. The molecule has 1 aliphatic rings. The minimum atomic E-state index is -2.89. The van der Waals surface area contributed by atoms with Gasteiger partial charge in [-0.05, 0) is 19.3 Å². The molecule has 0 aliphatic carbocycles. The Balaban J connectivity index is 1.76. The summed E-state index contributed by atoms with van der Waals surface area (Å²) < 4.78 is 24.3. The zero-order chi connectivity index (χ0) is 13.9. The number of amides is 2. The molecule has 19 heavy (non-hydrogen) atoms. The first-order chi connectivity index (χ1) is 8.98. The van der Waals surface area contributed by atoms with Crippen molar-refractivity contribution < 1.29 is 13.2 Å². The van der Waals surface area contributed by atoms with Gasteiger partial charge in [0.2, 0.25) is 0 Å². The second-order valence-electron chi connectivity index (χ2n) is 4.69. The first-order valence-corrected chi connectivity index (χ1v) is 8.08. The summed E-state index contributed by atoms with van der Waals surface area (Å²) >= 11 is 0. The molecule has 0 radical (unpaired) electrons. The maximum atomic E-state index is 11.6. The largest absolute Gasteiger partial charge is 0.338 e. The predicted octanol–water partition coefficient (Wildman–Crippen LogP) is 0.459. The highest BCUT2D eigenvalue weighted by Crippen LogP contribution is 2.17. The Morgan fingerprint density at radius 3 is 2.95 bits per heavy atom. The molecule has 1 aromatic heterocycles. The summed E-state index contributed by atoms with van der Waals surface area (Å²) in [6.07, 6.45) is 3.93. The van der Waals surface area contributed by atoms with Gasteiger partial charge in [0.15, 0.2) is 9.84 Å². The Morgan fingerprint density at radius 1 is 1.58 bits per heavy atom. The smallest absolute Gasteiger partial charge is 0.319 e. The van der Waals surface area contributed by atoms with Crippen LogP contribution < -0.4 is 10.6 Å². The molecule has 7 nitrogen and oxygen atoms in total. The zero-order valence-electron chi connectivity index (χ0n) is 10.8. The normalized spacial score (nSPS) is 21.2. The van der Waals surface area contributed by atoms with Gasteiger partial charge in [-0.25, -0.2) is 13.2 Å². The molecule has 0 spiro atoms. The van der Waals surface area contributed by atoms with Crippen molar-refractivity contribution >= 4 is 21.6 Å². The number of nitrogens with zero attached hydrogens (tertiary/aromatic N) is 2. The number of rotatable bonds is 4. The molecule has 2 N–H and O–H groups in total. The van der Waals surface area contributed by atoms with Crippen LogP contribution in [-0.2, 0) is 16.4 Å². The lowest BCUT2D eigenvalue weighted by molar-refractivity contribution is 0.250. The number of anilines is 1. The molecule has 2 rings (SSSR count). The van der Waals surface area contributed by atoms with E-state index in [1.165, 1.54) is 0 Å². The maximum absolute atomic E-state index is 11.6. The first-order valence-electron chi connectivity index (χ1n) is 6.26. The average Bonchev–Trinajstić information content (AvgIpc) is 2.93. The number of hydrogen-bond acceptors (Lipinski definition) is 4. The fourth-order valence-corrected chi connectivity index (χ4v) is 3.91. The van der Waals surface area contributed by atoms with E-state index in [0.717, 1.165) is 6.54 Å². The summed E-state index contributed by atoms with van der Waals surface area (Å²) in [5.41, 5.74) is 0.624. The molecule has 2 amide bonds. The van der Waals surface area contributed by atoms with Crippen molar-refractivity contribution in [3.63, 3.8) is 0 Å². The second-order valence-corrected chi connectivity index (χ2v) is 6.92. The lowest BCUT2D eigenvalue weighted by Gasteiger charge is -2.09. The summed E-state index contributed by atoms with van der Waals surface area (Å²) in [6.45, 7) is 3.08. The van der Waals surface area contributed by atoms with E-state index in [0.29, 0.717) is 18.7 Å². The van der Waals surface area contributed by atoms with Crippen LogP contribution in [0.3, 0.4) is 0 Å². The lowest BCUT2D eigenvalue weighted by Crippen LogP contribution is -2.33. The summed E-state index contributed by atoms with van der Waals surface area (Å²) in [7, 11) is -2.89. The van der Waals surface area contributed by atoms with Gasteiger partial charge < -0.3 is 10.6 Å². The van der Waals surface area contributed by atoms with E-state index < -0.39 is 9.84 Å². The quantitative estimate of drug-likeness (QED) is 0.841. The van der Waals surface area contributed by atoms with Crippen molar-refractivity contribution in [2.24, 2.45) is 5.92 Å². The van der Waals surface area contributed by atoms with Crippen LogP contribution in [0.4, 0.5) is 10.5 Å². The van der Waals surface area contributed by atoms with Crippen LogP contribution in [0.25, 0.3) is 0 Å². The van der Waals surface area contributed by atoms with Gasteiger partial charge in [0.25, 0.3) is 0 Å². The van der Waals surface area contributed by atoms with Crippen LogP contribution in [0.2, 0.25) is 0 Å². The van der Waals surface area contributed by atoms with Crippen LogP contribution in [0.5, 0.6) is 0 Å². The minimum absolute atomic E-state index is 0.0223. The van der Waals surface area contributed by atoms with Crippen molar-refractivity contribution in [1.29, 1.82) is 0 Å². The summed E-state index contributed by atoms with van der Waals surface area (Å²) in [5.74, 6) is 0.416. The molecule has 8 heteroatoms. The summed E-state index contributed by atoms with van der Waals surface area (Å²) in [4.78, 5) is 11.6. The molecular weight excluding hydrogens is 268 g/mol. The predicted molar refractivity (Wildman–Crippen MR) is 71.7 cm³/mol. The Labute approximate surface area is 112 Å². The van der Waals surface area contributed by atoms with E-state index in [4.69, 9.17) is 0 Å². The van der Waals surface area contributed by atoms with Gasteiger partial charge in [0.05, 0.1) is 23.4 Å². The van der Waals surface area contributed by atoms with E-state index >= 15 is 0 Å². The van der Waals surface area contributed by atoms with Gasteiger partial charge in [-0.3, -0.25) is 4.68 Å². The first kappa shape index (κ1) is 13.9. The monoisotopic (exact) mass is 286 g/mol. The van der Waals surface area contributed by atoms with Gasteiger partial charge >= 0.3 is 6.03 Å². The highest BCUT2D eigenvalue weighted by atomic mass is 32.2. The fraction of sp³-hybridized carbons (Fsp3) is 0.636. The molecule has 0 bridgehead atoms. The molecule has 1 atom stereocenters. The van der Waals surface area contributed by atoms with Gasteiger partial charge in [0, 0.05) is 19.3 Å². The number of hydrogen-bond donors (Lipinski definition) is 2. The molecule has 0 saturated carbocycles. The van der Waals surface area contributed by atoms with Crippen molar-refractivity contribution in [1.82, 2.24) is 15.1 Å². The Hall–Kier alpha value is -1.57.